The lowest BCUT2D eigenvalue weighted by atomic mass is 10.1. The Morgan fingerprint density at radius 1 is 1.33 bits per heavy atom. The first-order valence-corrected chi connectivity index (χ1v) is 7.38. The molecule has 3 unspecified atom stereocenters. The van der Waals surface area contributed by atoms with Crippen LogP contribution in [0.25, 0.3) is 0 Å². The number of carbonyl (C=O) groups excluding carboxylic acids is 1. The summed E-state index contributed by atoms with van der Waals surface area (Å²) >= 11 is 0. The van der Waals surface area contributed by atoms with Gasteiger partial charge in [-0.1, -0.05) is 0 Å². The van der Waals surface area contributed by atoms with Gasteiger partial charge in [-0.05, 0) is 0 Å². The van der Waals surface area contributed by atoms with E-state index in [0.717, 1.165) is 17.2 Å². The molecule has 1 amide bonds. The third-order valence-corrected chi connectivity index (χ3v) is 3.48. The van der Waals surface area contributed by atoms with Crippen LogP contribution in [-0.2, 0) is 18.6 Å². The van der Waals surface area contributed by atoms with Crippen LogP contribution in [0.2, 0.25) is 0 Å². The minimum absolute atomic E-state index is 0.548. The Bertz CT molecular complexity index is 480. The molecule has 2 aliphatic rings. The van der Waals surface area contributed by atoms with E-state index in [0.29, 0.717) is 0 Å². The Morgan fingerprint density at radius 2 is 2.00 bits per heavy atom. The number of aliphatic hydroxyl groups excluding tert-OH is 3. The molecular weight excluding hydrogens is 311 g/mol. The van der Waals surface area contributed by atoms with Crippen LogP contribution in [0.5, 0.6) is 0 Å². The summed E-state index contributed by atoms with van der Waals surface area (Å²) in [7, 11) is -4.74. The molecular formula is C9H15N2O9P. The highest BCUT2D eigenvalue weighted by Gasteiger charge is 2.47. The number of rotatable bonds is 4. The van der Waals surface area contributed by atoms with Gasteiger partial charge in [-0.25, -0.2) is 4.57 Å². The predicted octanol–water partition coefficient (Wildman–Crippen LogP) is -3.24. The second-order valence-corrected chi connectivity index (χ2v) is 5.72. The highest BCUT2D eigenvalue weighted by atomic mass is 31.2. The predicted molar refractivity (Wildman–Crippen MR) is 63.8 cm³/mol. The highest BCUT2D eigenvalue weighted by Crippen LogP contribution is 2.37. The fraction of sp³-hybridized carbons (Fsp3) is 0.667. The summed E-state index contributed by atoms with van der Waals surface area (Å²) in [6.45, 7) is -0.654. The van der Waals surface area contributed by atoms with Crippen LogP contribution in [0, 0.1) is 0 Å². The van der Waals surface area contributed by atoms with E-state index in [-0.39, 0.29) is 0 Å². The number of hydrogen-bond donors (Lipinski definition) is 6. The second-order valence-electron chi connectivity index (χ2n) is 4.48. The SMILES string of the molecule is O=C1C=CN([C@@H]2O[C@H](COP(=O)(O)O)C(O)C2O)C(O)N1. The molecule has 2 rings (SSSR count). The molecule has 0 spiro atoms. The molecule has 1 saturated heterocycles. The van der Waals surface area contributed by atoms with Crippen molar-refractivity contribution in [1.82, 2.24) is 10.2 Å². The third kappa shape index (κ3) is 3.78. The Hall–Kier alpha value is -1.04. The third-order valence-electron chi connectivity index (χ3n) is 2.99. The van der Waals surface area contributed by atoms with Gasteiger partial charge in [0.05, 0.1) is 6.61 Å². The highest BCUT2D eigenvalue weighted by molar-refractivity contribution is 7.46. The fourth-order valence-electron chi connectivity index (χ4n) is 1.99. The lowest BCUT2D eigenvalue weighted by Crippen LogP contribution is -2.55. The molecule has 0 aromatic heterocycles. The van der Waals surface area contributed by atoms with Crippen LogP contribution in [0.1, 0.15) is 0 Å². The van der Waals surface area contributed by atoms with Gasteiger partial charge in [0.2, 0.25) is 12.3 Å². The minimum Gasteiger partial charge on any atom is -0.387 e. The number of aliphatic hydroxyl groups is 3. The molecule has 21 heavy (non-hydrogen) atoms. The molecule has 0 aliphatic carbocycles. The van der Waals surface area contributed by atoms with Crippen LogP contribution >= 0.6 is 7.82 Å². The van der Waals surface area contributed by atoms with Gasteiger partial charge in [0.25, 0.3) is 0 Å². The topological polar surface area (TPSA) is 169 Å². The van der Waals surface area contributed by atoms with Crippen LogP contribution in [-0.4, -0.2) is 73.4 Å². The molecule has 2 aliphatic heterocycles. The number of nitrogens with zero attached hydrogens (tertiary/aromatic N) is 1. The number of amides is 1. The van der Waals surface area contributed by atoms with Gasteiger partial charge >= 0.3 is 7.82 Å². The van der Waals surface area contributed by atoms with Gasteiger partial charge in [0, 0.05) is 12.3 Å². The summed E-state index contributed by atoms with van der Waals surface area (Å²) in [6.07, 6.45) is -4.64. The van der Waals surface area contributed by atoms with Gasteiger partial charge in [-0.15, -0.1) is 0 Å². The van der Waals surface area contributed by atoms with E-state index in [2.05, 4.69) is 9.84 Å². The minimum atomic E-state index is -4.74. The van der Waals surface area contributed by atoms with Crippen molar-refractivity contribution in [1.29, 1.82) is 0 Å². The molecule has 0 aromatic rings. The number of hydrogen-bond acceptors (Lipinski definition) is 8. The molecule has 12 heteroatoms. The Kier molecular flexibility index (Phi) is 4.66. The van der Waals surface area contributed by atoms with Crippen molar-refractivity contribution in [2.24, 2.45) is 0 Å². The monoisotopic (exact) mass is 326 g/mol. The average Bonchev–Trinajstić information content (AvgIpc) is 2.64. The van der Waals surface area contributed by atoms with E-state index in [1.54, 1.807) is 0 Å². The lowest BCUT2D eigenvalue weighted by molar-refractivity contribution is -0.152. The van der Waals surface area contributed by atoms with E-state index in [1.165, 1.54) is 0 Å². The van der Waals surface area contributed by atoms with Gasteiger partial charge in [0.1, 0.15) is 18.3 Å². The molecule has 0 bridgehead atoms. The van der Waals surface area contributed by atoms with Crippen molar-refractivity contribution in [2.75, 3.05) is 6.61 Å². The molecule has 0 radical (unpaired) electrons. The largest absolute Gasteiger partial charge is 0.469 e. The van der Waals surface area contributed by atoms with E-state index < -0.39 is 51.2 Å². The number of carbonyl (C=O) groups is 1. The van der Waals surface area contributed by atoms with Crippen LogP contribution < -0.4 is 5.32 Å². The lowest BCUT2D eigenvalue weighted by Gasteiger charge is -2.35. The Balaban J connectivity index is 2.04. The van der Waals surface area contributed by atoms with Crippen LogP contribution in [0.15, 0.2) is 12.3 Å². The first-order valence-electron chi connectivity index (χ1n) is 5.85. The summed E-state index contributed by atoms with van der Waals surface area (Å²) in [5, 5.41) is 31.4. The van der Waals surface area contributed by atoms with Gasteiger partial charge in [-0.2, -0.15) is 0 Å². The molecule has 120 valence electrons. The zero-order valence-electron chi connectivity index (χ0n) is 10.5. The van der Waals surface area contributed by atoms with Crippen molar-refractivity contribution in [3.8, 4) is 0 Å². The maximum Gasteiger partial charge on any atom is 0.469 e. The number of nitrogens with one attached hydrogen (secondary N) is 1. The normalized spacial score (nSPS) is 36.9. The summed E-state index contributed by atoms with van der Waals surface area (Å²) in [5.41, 5.74) is 0. The van der Waals surface area contributed by atoms with Gasteiger partial charge in [0.15, 0.2) is 6.23 Å². The van der Waals surface area contributed by atoms with Gasteiger partial charge in [-0.3, -0.25) is 9.32 Å². The first-order chi connectivity index (χ1) is 9.69. The molecule has 5 atom stereocenters. The van der Waals surface area contributed by atoms with E-state index in [9.17, 15) is 24.7 Å². The first kappa shape index (κ1) is 16.3. The molecule has 6 N–H and O–H groups in total. The van der Waals surface area contributed by atoms with Crippen molar-refractivity contribution in [2.45, 2.75) is 30.9 Å². The molecule has 11 nitrogen and oxygen atoms in total. The fourth-order valence-corrected chi connectivity index (χ4v) is 2.33. The van der Waals surface area contributed by atoms with E-state index >= 15 is 0 Å². The Labute approximate surface area is 118 Å². The Morgan fingerprint density at radius 3 is 2.57 bits per heavy atom. The molecule has 0 saturated carbocycles. The van der Waals surface area contributed by atoms with Crippen molar-refractivity contribution in [3.05, 3.63) is 12.3 Å². The van der Waals surface area contributed by atoms with Gasteiger partial charge < -0.3 is 40.1 Å². The summed E-state index contributed by atoms with van der Waals surface area (Å²) in [6, 6.07) is 0. The zero-order chi connectivity index (χ0) is 15.8. The second kappa shape index (κ2) is 5.99. The van der Waals surface area contributed by atoms with Crippen LogP contribution in [0.4, 0.5) is 0 Å². The van der Waals surface area contributed by atoms with Crippen molar-refractivity contribution >= 4 is 13.7 Å². The summed E-state index contributed by atoms with van der Waals surface area (Å²) < 4.78 is 20.0. The van der Waals surface area contributed by atoms with E-state index in [4.69, 9.17) is 14.5 Å². The van der Waals surface area contributed by atoms with E-state index in [1.807, 2.05) is 0 Å². The quantitative estimate of drug-likeness (QED) is 0.289. The maximum atomic E-state index is 11.0. The van der Waals surface area contributed by atoms with Crippen LogP contribution in [0.3, 0.4) is 0 Å². The average molecular weight is 326 g/mol. The van der Waals surface area contributed by atoms with Crippen molar-refractivity contribution < 1.29 is 43.7 Å². The summed E-state index contributed by atoms with van der Waals surface area (Å²) in [4.78, 5) is 29.2. The van der Waals surface area contributed by atoms with Crippen molar-refractivity contribution in [3.63, 3.8) is 0 Å². The number of phosphoric ester groups is 1. The molecule has 1 fully saturated rings. The smallest absolute Gasteiger partial charge is 0.387 e. The number of phosphoric acid groups is 1. The zero-order valence-corrected chi connectivity index (χ0v) is 11.4. The molecule has 0 aromatic carbocycles. The standard InChI is InChI=1S/C9H15N2O9P/c12-5-1-2-11(9(15)10-5)8-7(14)6(13)4(20-8)3-19-21(16,17)18/h1-2,4,6-9,13-15H,3H2,(H,10,12)(H2,16,17,18)/t4-,6?,7?,8-,9?/m1/s1. The number of ether oxygens (including phenoxy) is 1. The molecule has 2 heterocycles. The maximum absolute atomic E-state index is 11.0. The summed E-state index contributed by atoms with van der Waals surface area (Å²) in [5.74, 6) is -0.548.